The molecule has 0 bridgehead atoms. The Morgan fingerprint density at radius 3 is 2.40 bits per heavy atom. The molecule has 1 aromatic rings. The van der Waals surface area contributed by atoms with Gasteiger partial charge < -0.3 is 5.11 Å². The average molecular weight is 332 g/mol. The van der Waals surface area contributed by atoms with Crippen LogP contribution in [0.5, 0.6) is 0 Å². The van der Waals surface area contributed by atoms with Gasteiger partial charge >= 0.3 is 6.18 Å². The molecule has 0 aromatic heterocycles. The first-order valence-corrected chi connectivity index (χ1v) is 7.33. The van der Waals surface area contributed by atoms with E-state index in [2.05, 4.69) is 0 Å². The summed E-state index contributed by atoms with van der Waals surface area (Å²) in [5.74, 6) is 0. The summed E-state index contributed by atoms with van der Waals surface area (Å²) in [6.45, 7) is -1.39. The topological polar surface area (TPSA) is 57.6 Å². The van der Waals surface area contributed by atoms with Crippen molar-refractivity contribution >= 4 is 21.6 Å². The Morgan fingerprint density at radius 2 is 1.95 bits per heavy atom. The van der Waals surface area contributed by atoms with E-state index in [9.17, 15) is 21.6 Å². The Kier molecular flexibility index (Phi) is 5.42. The van der Waals surface area contributed by atoms with Crippen molar-refractivity contribution in [1.29, 1.82) is 0 Å². The Bertz CT molecular complexity index is 575. The van der Waals surface area contributed by atoms with E-state index in [4.69, 9.17) is 16.7 Å². The number of sulfonamides is 1. The summed E-state index contributed by atoms with van der Waals surface area (Å²) < 4.78 is 61.7. The van der Waals surface area contributed by atoms with Gasteiger partial charge in [0.2, 0.25) is 10.0 Å². The Hall–Kier alpha value is -0.830. The fourth-order valence-corrected chi connectivity index (χ4v) is 3.54. The standard InChI is InChI=1S/C11H13ClF3NO3S/c1-8-2-3-10(9(12)6-8)20(18,19)16(4-5-17)7-11(13,14)15/h2-3,6,17H,4-5,7H2,1H3. The van der Waals surface area contributed by atoms with E-state index in [0.717, 1.165) is 6.07 Å². The second-order valence-electron chi connectivity index (χ2n) is 4.11. The van der Waals surface area contributed by atoms with Gasteiger partial charge in [-0.05, 0) is 24.6 Å². The molecule has 0 aliphatic heterocycles. The minimum absolute atomic E-state index is 0.156. The molecule has 20 heavy (non-hydrogen) atoms. The maximum absolute atomic E-state index is 12.4. The number of benzene rings is 1. The average Bonchev–Trinajstić information content (AvgIpc) is 2.26. The summed E-state index contributed by atoms with van der Waals surface area (Å²) in [5, 5.41) is 8.59. The molecule has 0 heterocycles. The SMILES string of the molecule is Cc1ccc(S(=O)(=O)N(CCO)CC(F)(F)F)c(Cl)c1. The molecule has 0 saturated heterocycles. The van der Waals surface area contributed by atoms with Gasteiger partial charge in [-0.15, -0.1) is 0 Å². The summed E-state index contributed by atoms with van der Waals surface area (Å²) in [4.78, 5) is -0.414. The van der Waals surface area contributed by atoms with Crippen molar-refractivity contribution in [1.82, 2.24) is 4.31 Å². The summed E-state index contributed by atoms with van der Waals surface area (Å²) in [7, 11) is -4.42. The van der Waals surface area contributed by atoms with E-state index in [-0.39, 0.29) is 9.33 Å². The minimum Gasteiger partial charge on any atom is -0.395 e. The van der Waals surface area contributed by atoms with Crippen LogP contribution in [-0.4, -0.2) is 43.7 Å². The molecule has 0 spiro atoms. The molecular formula is C11H13ClF3NO3S. The normalized spacial score (nSPS) is 12.9. The molecule has 1 aromatic carbocycles. The van der Waals surface area contributed by atoms with Crippen LogP contribution >= 0.6 is 11.6 Å². The summed E-state index contributed by atoms with van der Waals surface area (Å²) >= 11 is 5.78. The molecule has 0 aliphatic rings. The van der Waals surface area contributed by atoms with Crippen LogP contribution in [0.25, 0.3) is 0 Å². The van der Waals surface area contributed by atoms with Gasteiger partial charge in [0, 0.05) is 6.54 Å². The van der Waals surface area contributed by atoms with Crippen molar-refractivity contribution in [2.24, 2.45) is 0 Å². The van der Waals surface area contributed by atoms with Crippen LogP contribution in [-0.2, 0) is 10.0 Å². The van der Waals surface area contributed by atoms with Gasteiger partial charge in [-0.25, -0.2) is 8.42 Å². The van der Waals surface area contributed by atoms with Gasteiger partial charge in [-0.2, -0.15) is 17.5 Å². The first-order valence-electron chi connectivity index (χ1n) is 5.52. The lowest BCUT2D eigenvalue weighted by molar-refractivity contribution is -0.136. The van der Waals surface area contributed by atoms with E-state index in [0.29, 0.717) is 5.56 Å². The molecule has 9 heteroatoms. The van der Waals surface area contributed by atoms with Crippen LogP contribution in [0.1, 0.15) is 5.56 Å². The maximum atomic E-state index is 12.4. The van der Waals surface area contributed by atoms with Gasteiger partial charge in [0.05, 0.1) is 11.6 Å². The zero-order valence-electron chi connectivity index (χ0n) is 10.5. The molecular weight excluding hydrogens is 319 g/mol. The molecule has 114 valence electrons. The number of aliphatic hydroxyl groups excluding tert-OH is 1. The van der Waals surface area contributed by atoms with Crippen molar-refractivity contribution < 1.29 is 26.7 Å². The van der Waals surface area contributed by atoms with Crippen molar-refractivity contribution in [3.63, 3.8) is 0 Å². The third-order valence-corrected chi connectivity index (χ3v) is 4.74. The fraction of sp³-hybridized carbons (Fsp3) is 0.455. The zero-order chi connectivity index (χ0) is 15.6. The summed E-state index contributed by atoms with van der Waals surface area (Å²) in [6, 6.07) is 3.93. The van der Waals surface area contributed by atoms with Crippen LogP contribution in [0.15, 0.2) is 23.1 Å². The monoisotopic (exact) mass is 331 g/mol. The maximum Gasteiger partial charge on any atom is 0.402 e. The first kappa shape index (κ1) is 17.2. The van der Waals surface area contributed by atoms with Gasteiger partial charge in [-0.3, -0.25) is 0 Å². The molecule has 0 aliphatic carbocycles. The van der Waals surface area contributed by atoms with Crippen LogP contribution in [0.4, 0.5) is 13.2 Å². The van der Waals surface area contributed by atoms with Gasteiger partial charge in [-0.1, -0.05) is 17.7 Å². The highest BCUT2D eigenvalue weighted by Crippen LogP contribution is 2.27. The minimum atomic E-state index is -4.71. The van der Waals surface area contributed by atoms with E-state index >= 15 is 0 Å². The molecule has 0 amide bonds. The molecule has 4 nitrogen and oxygen atoms in total. The molecule has 1 N–H and O–H groups in total. The van der Waals surface area contributed by atoms with Crippen LogP contribution < -0.4 is 0 Å². The van der Waals surface area contributed by atoms with E-state index in [1.165, 1.54) is 12.1 Å². The lowest BCUT2D eigenvalue weighted by atomic mass is 10.2. The predicted molar refractivity (Wildman–Crippen MR) is 68.1 cm³/mol. The zero-order valence-corrected chi connectivity index (χ0v) is 12.1. The Labute approximate surface area is 119 Å². The predicted octanol–water partition coefficient (Wildman–Crippen LogP) is 2.19. The second kappa shape index (κ2) is 6.30. The lowest BCUT2D eigenvalue weighted by Gasteiger charge is -2.23. The second-order valence-corrected chi connectivity index (χ2v) is 6.42. The number of nitrogens with zero attached hydrogens (tertiary/aromatic N) is 1. The molecule has 1 rings (SSSR count). The highest BCUT2D eigenvalue weighted by atomic mass is 35.5. The smallest absolute Gasteiger partial charge is 0.395 e. The molecule has 0 fully saturated rings. The van der Waals surface area contributed by atoms with Crippen molar-refractivity contribution in [3.8, 4) is 0 Å². The van der Waals surface area contributed by atoms with Crippen LogP contribution in [0, 0.1) is 6.92 Å². The molecule has 0 saturated carbocycles. The lowest BCUT2D eigenvalue weighted by Crippen LogP contribution is -2.40. The highest BCUT2D eigenvalue weighted by molar-refractivity contribution is 7.89. The largest absolute Gasteiger partial charge is 0.402 e. The quantitative estimate of drug-likeness (QED) is 0.900. The fourth-order valence-electron chi connectivity index (χ4n) is 1.55. The summed E-state index contributed by atoms with van der Waals surface area (Å²) in [6.07, 6.45) is -4.71. The van der Waals surface area contributed by atoms with Crippen molar-refractivity contribution in [2.45, 2.75) is 18.0 Å². The Balaban J connectivity index is 3.22. The third-order valence-electron chi connectivity index (χ3n) is 2.41. The number of aryl methyl sites for hydroxylation is 1. The third kappa shape index (κ3) is 4.34. The number of alkyl halides is 3. The van der Waals surface area contributed by atoms with Crippen molar-refractivity contribution in [2.75, 3.05) is 19.7 Å². The number of aliphatic hydroxyl groups is 1. The molecule has 0 atom stereocenters. The Morgan fingerprint density at radius 1 is 1.35 bits per heavy atom. The van der Waals surface area contributed by atoms with Crippen LogP contribution in [0.2, 0.25) is 5.02 Å². The van der Waals surface area contributed by atoms with Gasteiger partial charge in [0.1, 0.15) is 11.4 Å². The van der Waals surface area contributed by atoms with E-state index in [1.807, 2.05) is 0 Å². The van der Waals surface area contributed by atoms with E-state index in [1.54, 1.807) is 6.92 Å². The number of hydrogen-bond donors (Lipinski definition) is 1. The number of rotatable bonds is 5. The first-order chi connectivity index (χ1) is 9.08. The molecule has 0 radical (unpaired) electrons. The number of hydrogen-bond acceptors (Lipinski definition) is 3. The van der Waals surface area contributed by atoms with E-state index < -0.39 is 40.8 Å². The van der Waals surface area contributed by atoms with Gasteiger partial charge in [0.15, 0.2) is 0 Å². The van der Waals surface area contributed by atoms with Crippen LogP contribution in [0.3, 0.4) is 0 Å². The van der Waals surface area contributed by atoms with Crippen molar-refractivity contribution in [3.05, 3.63) is 28.8 Å². The van der Waals surface area contributed by atoms with Gasteiger partial charge in [0.25, 0.3) is 0 Å². The summed E-state index contributed by atoms with van der Waals surface area (Å²) in [5.41, 5.74) is 0.679. The molecule has 0 unspecified atom stereocenters. The number of halogens is 4. The highest BCUT2D eigenvalue weighted by Gasteiger charge is 2.37.